The highest BCUT2D eigenvalue weighted by Crippen LogP contribution is 2.46. The number of nitrogens with one attached hydrogen (secondary N) is 1. The van der Waals surface area contributed by atoms with Crippen molar-refractivity contribution in [3.8, 4) is 11.5 Å². The first-order valence-corrected chi connectivity index (χ1v) is 8.11. The van der Waals surface area contributed by atoms with Gasteiger partial charge >= 0.3 is 6.03 Å². The molecule has 4 rings (SSSR count). The van der Waals surface area contributed by atoms with Crippen LogP contribution in [-0.4, -0.2) is 18.9 Å². The summed E-state index contributed by atoms with van der Waals surface area (Å²) in [6.45, 7) is 1.93. The Balaban J connectivity index is 1.79. The molecule has 124 valence electrons. The summed E-state index contributed by atoms with van der Waals surface area (Å²) in [5.74, 6) is 1.43. The van der Waals surface area contributed by atoms with Crippen molar-refractivity contribution in [3.63, 3.8) is 0 Å². The lowest BCUT2D eigenvalue weighted by Crippen LogP contribution is -2.65. The fourth-order valence-corrected chi connectivity index (χ4v) is 3.67. The van der Waals surface area contributed by atoms with Crippen molar-refractivity contribution in [2.24, 2.45) is 0 Å². The Morgan fingerprint density at radius 3 is 2.96 bits per heavy atom. The van der Waals surface area contributed by atoms with Gasteiger partial charge in [0.15, 0.2) is 5.72 Å². The number of amides is 2. The number of benzene rings is 2. The van der Waals surface area contributed by atoms with Crippen LogP contribution in [0.4, 0.5) is 10.5 Å². The Bertz CT molecular complexity index is 826. The molecule has 0 aliphatic carbocycles. The van der Waals surface area contributed by atoms with Gasteiger partial charge in [0.2, 0.25) is 0 Å². The molecule has 2 aliphatic heterocycles. The summed E-state index contributed by atoms with van der Waals surface area (Å²) in [7, 11) is 1.60. The second-order valence-corrected chi connectivity index (χ2v) is 6.64. The van der Waals surface area contributed by atoms with Crippen LogP contribution in [0.1, 0.15) is 24.9 Å². The lowest BCUT2D eigenvalue weighted by Gasteiger charge is -2.50. The van der Waals surface area contributed by atoms with Crippen LogP contribution in [0.2, 0.25) is 5.02 Å². The number of anilines is 1. The molecule has 2 aliphatic rings. The van der Waals surface area contributed by atoms with Gasteiger partial charge in [0.1, 0.15) is 11.5 Å². The van der Waals surface area contributed by atoms with Crippen LogP contribution >= 0.6 is 11.6 Å². The van der Waals surface area contributed by atoms with Crippen molar-refractivity contribution in [3.05, 3.63) is 53.1 Å². The normalized spacial score (nSPS) is 24.7. The number of hydrogen-bond acceptors (Lipinski definition) is 3. The first kappa shape index (κ1) is 15.1. The number of urea groups is 1. The number of ether oxygens (including phenoxy) is 2. The molecule has 1 saturated heterocycles. The van der Waals surface area contributed by atoms with Crippen molar-refractivity contribution in [1.29, 1.82) is 0 Å². The van der Waals surface area contributed by atoms with Gasteiger partial charge in [-0.15, -0.1) is 0 Å². The van der Waals surface area contributed by atoms with Crippen LogP contribution in [-0.2, 0) is 0 Å². The number of nitrogens with zero attached hydrogens (tertiary/aromatic N) is 1. The van der Waals surface area contributed by atoms with Gasteiger partial charge in [-0.05, 0) is 37.3 Å². The Morgan fingerprint density at radius 1 is 1.33 bits per heavy atom. The standard InChI is InChI=1S/C18H17ClN2O3/c1-18-10-15(14-8-11(19)6-7-16(14)24-18)20-17(22)21(18)12-4-3-5-13(9-12)23-2/h3-9,15H,10H2,1-2H3,(H,20,22). The number of fused-ring (bicyclic) bond motifs is 4. The molecule has 2 heterocycles. The molecular formula is C18H17ClN2O3. The molecule has 0 saturated carbocycles. The average molecular weight is 345 g/mol. The maximum absolute atomic E-state index is 12.8. The summed E-state index contributed by atoms with van der Waals surface area (Å²) in [5, 5.41) is 3.68. The van der Waals surface area contributed by atoms with Crippen molar-refractivity contribution in [2.75, 3.05) is 12.0 Å². The van der Waals surface area contributed by atoms with Gasteiger partial charge in [0, 0.05) is 23.1 Å². The lowest BCUT2D eigenvalue weighted by molar-refractivity contribution is 0.0378. The molecule has 2 bridgehead atoms. The zero-order valence-electron chi connectivity index (χ0n) is 13.4. The highest BCUT2D eigenvalue weighted by molar-refractivity contribution is 6.30. The minimum absolute atomic E-state index is 0.119. The van der Waals surface area contributed by atoms with Gasteiger partial charge in [-0.1, -0.05) is 17.7 Å². The predicted molar refractivity (Wildman–Crippen MR) is 91.8 cm³/mol. The molecule has 6 heteroatoms. The van der Waals surface area contributed by atoms with Crippen LogP contribution in [0.5, 0.6) is 11.5 Å². The van der Waals surface area contributed by atoms with E-state index in [1.807, 2.05) is 43.3 Å². The van der Waals surface area contributed by atoms with Gasteiger partial charge in [0.25, 0.3) is 0 Å². The molecule has 1 fully saturated rings. The predicted octanol–water partition coefficient (Wildman–Crippen LogP) is 4.12. The van der Waals surface area contributed by atoms with Gasteiger partial charge in [0.05, 0.1) is 18.8 Å². The highest BCUT2D eigenvalue weighted by Gasteiger charge is 2.49. The van der Waals surface area contributed by atoms with Gasteiger partial charge in [-0.3, -0.25) is 4.90 Å². The van der Waals surface area contributed by atoms with Gasteiger partial charge < -0.3 is 14.8 Å². The van der Waals surface area contributed by atoms with Gasteiger partial charge in [-0.25, -0.2) is 4.79 Å². The summed E-state index contributed by atoms with van der Waals surface area (Å²) in [6, 6.07) is 12.6. The van der Waals surface area contributed by atoms with E-state index in [-0.39, 0.29) is 12.1 Å². The molecular weight excluding hydrogens is 328 g/mol. The lowest BCUT2D eigenvalue weighted by atomic mass is 9.90. The quantitative estimate of drug-likeness (QED) is 0.891. The molecule has 2 amide bonds. The molecule has 0 radical (unpaired) electrons. The van der Waals surface area contributed by atoms with Gasteiger partial charge in [-0.2, -0.15) is 0 Å². The Hall–Kier alpha value is -2.40. The summed E-state index contributed by atoms with van der Waals surface area (Å²) >= 11 is 6.09. The molecule has 24 heavy (non-hydrogen) atoms. The molecule has 0 aromatic heterocycles. The van der Waals surface area contributed by atoms with Crippen LogP contribution in [0.25, 0.3) is 0 Å². The first-order valence-electron chi connectivity index (χ1n) is 7.73. The summed E-state index contributed by atoms with van der Waals surface area (Å²) in [4.78, 5) is 14.4. The third-order valence-corrected chi connectivity index (χ3v) is 4.78. The van der Waals surface area contributed by atoms with E-state index in [9.17, 15) is 4.79 Å². The maximum atomic E-state index is 12.8. The zero-order valence-corrected chi connectivity index (χ0v) is 14.1. The second-order valence-electron chi connectivity index (χ2n) is 6.20. The van der Waals surface area contributed by atoms with E-state index in [4.69, 9.17) is 21.1 Å². The zero-order chi connectivity index (χ0) is 16.9. The van der Waals surface area contributed by atoms with E-state index in [1.54, 1.807) is 18.1 Å². The van der Waals surface area contributed by atoms with Crippen molar-refractivity contribution < 1.29 is 14.3 Å². The fourth-order valence-electron chi connectivity index (χ4n) is 3.49. The highest BCUT2D eigenvalue weighted by atomic mass is 35.5. The molecule has 2 aromatic rings. The van der Waals surface area contributed by atoms with Crippen molar-refractivity contribution in [2.45, 2.75) is 25.1 Å². The minimum Gasteiger partial charge on any atom is -0.497 e. The molecule has 5 nitrogen and oxygen atoms in total. The Labute approximate surface area is 145 Å². The SMILES string of the molecule is COc1cccc(N2C(=O)NC3CC2(C)Oc2ccc(Cl)cc23)c1. The van der Waals surface area contributed by atoms with E-state index in [1.165, 1.54) is 0 Å². The van der Waals surface area contributed by atoms with Crippen molar-refractivity contribution >= 4 is 23.3 Å². The maximum Gasteiger partial charge on any atom is 0.325 e. The molecule has 0 spiro atoms. The number of hydrogen-bond donors (Lipinski definition) is 1. The Kier molecular flexibility index (Phi) is 3.35. The summed E-state index contributed by atoms with van der Waals surface area (Å²) < 4.78 is 11.5. The van der Waals surface area contributed by atoms with Crippen LogP contribution < -0.4 is 19.7 Å². The fraction of sp³-hybridized carbons (Fsp3) is 0.278. The molecule has 1 N–H and O–H groups in total. The Morgan fingerprint density at radius 2 is 2.17 bits per heavy atom. The number of halogens is 1. The van der Waals surface area contributed by atoms with Crippen LogP contribution in [0, 0.1) is 0 Å². The number of carbonyl (C=O) groups excluding carboxylic acids is 1. The summed E-state index contributed by atoms with van der Waals surface area (Å²) in [6.07, 6.45) is 0.628. The average Bonchev–Trinajstić information content (AvgIpc) is 2.55. The van der Waals surface area contributed by atoms with Crippen LogP contribution in [0.3, 0.4) is 0 Å². The number of rotatable bonds is 2. The van der Waals surface area contributed by atoms with E-state index in [2.05, 4.69) is 5.32 Å². The minimum atomic E-state index is -0.778. The largest absolute Gasteiger partial charge is 0.497 e. The van der Waals surface area contributed by atoms with Crippen LogP contribution in [0.15, 0.2) is 42.5 Å². The second kappa shape index (κ2) is 5.31. The van der Waals surface area contributed by atoms with Crippen molar-refractivity contribution in [1.82, 2.24) is 5.32 Å². The van der Waals surface area contributed by atoms with E-state index in [0.29, 0.717) is 17.2 Å². The smallest absolute Gasteiger partial charge is 0.325 e. The topological polar surface area (TPSA) is 50.8 Å². The van der Waals surface area contributed by atoms with E-state index >= 15 is 0 Å². The summed E-state index contributed by atoms with van der Waals surface area (Å²) in [5.41, 5.74) is 0.865. The molecule has 2 aromatic carbocycles. The number of carbonyl (C=O) groups is 1. The third-order valence-electron chi connectivity index (χ3n) is 4.55. The first-order chi connectivity index (χ1) is 11.5. The van der Waals surface area contributed by atoms with E-state index < -0.39 is 5.72 Å². The third kappa shape index (κ3) is 2.27. The monoisotopic (exact) mass is 344 g/mol. The number of methoxy groups -OCH3 is 1. The molecule has 2 unspecified atom stereocenters. The molecule has 2 atom stereocenters. The van der Waals surface area contributed by atoms with E-state index in [0.717, 1.165) is 17.0 Å².